The lowest BCUT2D eigenvalue weighted by atomic mass is 9.94. The first-order chi connectivity index (χ1) is 8.62. The summed E-state index contributed by atoms with van der Waals surface area (Å²) in [5.74, 6) is 3.08. The molecule has 0 fully saturated rings. The highest BCUT2D eigenvalue weighted by molar-refractivity contribution is 5.25. The first kappa shape index (κ1) is 15.0. The third-order valence-electron chi connectivity index (χ3n) is 3.09. The van der Waals surface area contributed by atoms with E-state index in [-0.39, 0.29) is 0 Å². The highest BCUT2D eigenvalue weighted by Gasteiger charge is 2.16. The molecule has 0 aromatic carbocycles. The van der Waals surface area contributed by atoms with Gasteiger partial charge in [-0.2, -0.15) is 0 Å². The monoisotopic (exact) mass is 253 g/mol. The second-order valence-electron chi connectivity index (χ2n) is 5.15. The SMILES string of the molecule is CCNc1nnc(C[C@@H](CN)CC(C)C)n1CC. The van der Waals surface area contributed by atoms with Crippen molar-refractivity contribution in [1.29, 1.82) is 0 Å². The molecule has 18 heavy (non-hydrogen) atoms. The van der Waals surface area contributed by atoms with Gasteiger partial charge in [-0.05, 0) is 38.6 Å². The first-order valence-electron chi connectivity index (χ1n) is 6.98. The van der Waals surface area contributed by atoms with Gasteiger partial charge in [0.05, 0.1) is 0 Å². The van der Waals surface area contributed by atoms with Crippen LogP contribution in [0.5, 0.6) is 0 Å². The maximum Gasteiger partial charge on any atom is 0.224 e. The number of hydrogen-bond acceptors (Lipinski definition) is 4. The van der Waals surface area contributed by atoms with Gasteiger partial charge in [0.1, 0.15) is 5.82 Å². The molecule has 0 aliphatic carbocycles. The van der Waals surface area contributed by atoms with Crippen LogP contribution in [0.1, 0.15) is 39.9 Å². The van der Waals surface area contributed by atoms with E-state index < -0.39 is 0 Å². The fourth-order valence-corrected chi connectivity index (χ4v) is 2.30. The van der Waals surface area contributed by atoms with Crippen LogP contribution in [0, 0.1) is 11.8 Å². The van der Waals surface area contributed by atoms with Crippen molar-refractivity contribution < 1.29 is 0 Å². The van der Waals surface area contributed by atoms with E-state index in [1.54, 1.807) is 0 Å². The van der Waals surface area contributed by atoms with Gasteiger partial charge in [0.15, 0.2) is 0 Å². The normalized spacial score (nSPS) is 13.0. The van der Waals surface area contributed by atoms with Gasteiger partial charge >= 0.3 is 0 Å². The highest BCUT2D eigenvalue weighted by Crippen LogP contribution is 2.17. The van der Waals surface area contributed by atoms with E-state index in [0.717, 1.165) is 37.7 Å². The van der Waals surface area contributed by atoms with Crippen LogP contribution in [-0.2, 0) is 13.0 Å². The Morgan fingerprint density at radius 3 is 2.50 bits per heavy atom. The molecule has 0 saturated heterocycles. The summed E-state index contributed by atoms with van der Waals surface area (Å²) >= 11 is 0. The Hall–Kier alpha value is -1.10. The smallest absolute Gasteiger partial charge is 0.224 e. The van der Waals surface area contributed by atoms with E-state index in [1.807, 2.05) is 0 Å². The van der Waals surface area contributed by atoms with E-state index in [9.17, 15) is 0 Å². The molecule has 1 heterocycles. The van der Waals surface area contributed by atoms with Crippen molar-refractivity contribution >= 4 is 5.95 Å². The van der Waals surface area contributed by atoms with Crippen LogP contribution in [0.15, 0.2) is 0 Å². The van der Waals surface area contributed by atoms with Crippen LogP contribution in [-0.4, -0.2) is 27.9 Å². The number of nitrogens with one attached hydrogen (secondary N) is 1. The minimum Gasteiger partial charge on any atom is -0.355 e. The topological polar surface area (TPSA) is 68.8 Å². The average molecular weight is 253 g/mol. The molecule has 0 spiro atoms. The minimum absolute atomic E-state index is 0.494. The number of aromatic nitrogens is 3. The van der Waals surface area contributed by atoms with Gasteiger partial charge in [0.25, 0.3) is 0 Å². The lowest BCUT2D eigenvalue weighted by Crippen LogP contribution is -2.21. The summed E-state index contributed by atoms with van der Waals surface area (Å²) in [6.07, 6.45) is 2.06. The summed E-state index contributed by atoms with van der Waals surface area (Å²) in [6, 6.07) is 0. The van der Waals surface area contributed by atoms with Crippen LogP contribution in [0.2, 0.25) is 0 Å². The molecule has 3 N–H and O–H groups in total. The van der Waals surface area contributed by atoms with Crippen molar-refractivity contribution in [3.05, 3.63) is 5.82 Å². The lowest BCUT2D eigenvalue weighted by molar-refractivity contribution is 0.403. The Morgan fingerprint density at radius 1 is 1.28 bits per heavy atom. The summed E-state index contributed by atoms with van der Waals surface area (Å²) in [5, 5.41) is 11.7. The van der Waals surface area contributed by atoms with Crippen molar-refractivity contribution in [1.82, 2.24) is 14.8 Å². The third-order valence-corrected chi connectivity index (χ3v) is 3.09. The van der Waals surface area contributed by atoms with Crippen LogP contribution in [0.3, 0.4) is 0 Å². The molecule has 0 amide bonds. The van der Waals surface area contributed by atoms with Gasteiger partial charge in [-0.3, -0.25) is 4.57 Å². The van der Waals surface area contributed by atoms with Crippen molar-refractivity contribution in [3.63, 3.8) is 0 Å². The Labute approximate surface area is 110 Å². The molecule has 0 unspecified atom stereocenters. The van der Waals surface area contributed by atoms with E-state index in [1.165, 1.54) is 0 Å². The van der Waals surface area contributed by atoms with Crippen LogP contribution >= 0.6 is 0 Å². The van der Waals surface area contributed by atoms with Crippen molar-refractivity contribution in [2.24, 2.45) is 17.6 Å². The van der Waals surface area contributed by atoms with Crippen LogP contribution in [0.4, 0.5) is 5.95 Å². The van der Waals surface area contributed by atoms with Gasteiger partial charge in [-0.25, -0.2) is 0 Å². The average Bonchev–Trinajstić information content (AvgIpc) is 2.70. The summed E-state index contributed by atoms with van der Waals surface area (Å²) in [4.78, 5) is 0. The molecular weight excluding hydrogens is 226 g/mol. The van der Waals surface area contributed by atoms with Gasteiger partial charge < -0.3 is 11.1 Å². The fraction of sp³-hybridized carbons (Fsp3) is 0.846. The van der Waals surface area contributed by atoms with E-state index in [4.69, 9.17) is 5.73 Å². The highest BCUT2D eigenvalue weighted by atomic mass is 15.3. The molecule has 104 valence electrons. The van der Waals surface area contributed by atoms with E-state index in [2.05, 4.69) is 47.8 Å². The van der Waals surface area contributed by atoms with E-state index in [0.29, 0.717) is 18.4 Å². The predicted molar refractivity (Wildman–Crippen MR) is 75.6 cm³/mol. The standard InChI is InChI=1S/C13H27N5/c1-5-15-13-17-16-12(18(13)6-2)8-11(9-14)7-10(3)4/h10-11H,5-9,14H2,1-4H3,(H,15,17)/t11-/m0/s1. The Kier molecular flexibility index (Phi) is 6.12. The number of anilines is 1. The van der Waals surface area contributed by atoms with Crippen LogP contribution in [0.25, 0.3) is 0 Å². The molecule has 0 saturated carbocycles. The van der Waals surface area contributed by atoms with Crippen molar-refractivity contribution in [2.75, 3.05) is 18.4 Å². The zero-order valence-corrected chi connectivity index (χ0v) is 12.1. The number of hydrogen-bond donors (Lipinski definition) is 2. The van der Waals surface area contributed by atoms with Crippen LogP contribution < -0.4 is 11.1 Å². The third kappa shape index (κ3) is 3.98. The lowest BCUT2D eigenvalue weighted by Gasteiger charge is -2.17. The zero-order valence-electron chi connectivity index (χ0n) is 12.1. The molecule has 1 aromatic heterocycles. The predicted octanol–water partition coefficient (Wildman–Crippen LogP) is 1.89. The van der Waals surface area contributed by atoms with Crippen molar-refractivity contribution in [2.45, 2.75) is 47.1 Å². The molecule has 0 bridgehead atoms. The largest absolute Gasteiger partial charge is 0.355 e. The summed E-state index contributed by atoms with van der Waals surface area (Å²) in [6.45, 7) is 11.1. The van der Waals surface area contributed by atoms with Crippen molar-refractivity contribution in [3.8, 4) is 0 Å². The second kappa shape index (κ2) is 7.36. The maximum absolute atomic E-state index is 5.85. The Morgan fingerprint density at radius 2 is 2.00 bits per heavy atom. The first-order valence-corrected chi connectivity index (χ1v) is 6.98. The van der Waals surface area contributed by atoms with Gasteiger partial charge in [0, 0.05) is 19.5 Å². The molecule has 1 rings (SSSR count). The maximum atomic E-state index is 5.85. The number of nitrogens with zero attached hydrogens (tertiary/aromatic N) is 3. The molecule has 5 nitrogen and oxygen atoms in total. The van der Waals surface area contributed by atoms with E-state index >= 15 is 0 Å². The molecule has 1 aromatic rings. The Bertz CT molecular complexity index is 345. The summed E-state index contributed by atoms with van der Waals surface area (Å²) < 4.78 is 2.15. The fourth-order valence-electron chi connectivity index (χ4n) is 2.30. The molecule has 5 heteroatoms. The summed E-state index contributed by atoms with van der Waals surface area (Å²) in [7, 11) is 0. The molecule has 0 aliphatic rings. The molecular formula is C13H27N5. The molecule has 0 aliphatic heterocycles. The Balaban J connectivity index is 2.76. The van der Waals surface area contributed by atoms with Gasteiger partial charge in [-0.1, -0.05) is 13.8 Å². The second-order valence-corrected chi connectivity index (χ2v) is 5.15. The van der Waals surface area contributed by atoms with Gasteiger partial charge in [-0.15, -0.1) is 10.2 Å². The zero-order chi connectivity index (χ0) is 13.5. The molecule has 1 atom stereocenters. The molecule has 0 radical (unpaired) electrons. The quantitative estimate of drug-likeness (QED) is 0.742. The number of nitrogens with two attached hydrogens (primary N) is 1. The van der Waals surface area contributed by atoms with Gasteiger partial charge in [0.2, 0.25) is 5.95 Å². The number of rotatable bonds is 8. The summed E-state index contributed by atoms with van der Waals surface area (Å²) in [5.41, 5.74) is 5.85. The minimum atomic E-state index is 0.494.